The molecule has 8 heteroatoms. The third-order valence-corrected chi connectivity index (χ3v) is 5.55. The number of nitrogens with zero attached hydrogens (tertiary/aromatic N) is 3. The largest absolute Gasteiger partial charge is 0.497 e. The lowest BCUT2D eigenvalue weighted by Gasteiger charge is -2.18. The second kappa shape index (κ2) is 8.59. The SMILES string of the molecule is COc1ccc(C(=O)N2C[C@@H](NC(C)=O)[C@H](c3nc(-c4ccccc4)n[nH]3)C2)c(C)c1. The van der Waals surface area contributed by atoms with E-state index >= 15 is 0 Å². The maximum atomic E-state index is 13.2. The van der Waals surface area contributed by atoms with Gasteiger partial charge in [-0.25, -0.2) is 4.98 Å². The summed E-state index contributed by atoms with van der Waals surface area (Å²) < 4.78 is 5.24. The molecule has 160 valence electrons. The number of methoxy groups -OCH3 is 1. The Labute approximate surface area is 180 Å². The van der Waals surface area contributed by atoms with Gasteiger partial charge in [-0.1, -0.05) is 30.3 Å². The predicted octanol–water partition coefficient (Wildman–Crippen LogP) is 2.53. The Kier molecular flexibility index (Phi) is 5.70. The zero-order valence-corrected chi connectivity index (χ0v) is 17.8. The average molecular weight is 419 g/mol. The molecule has 2 N–H and O–H groups in total. The predicted molar refractivity (Wildman–Crippen MR) is 116 cm³/mol. The molecule has 8 nitrogen and oxygen atoms in total. The fourth-order valence-corrected chi connectivity index (χ4v) is 3.98. The van der Waals surface area contributed by atoms with Gasteiger partial charge in [-0.05, 0) is 30.7 Å². The molecular formula is C23H25N5O3. The zero-order valence-electron chi connectivity index (χ0n) is 17.8. The van der Waals surface area contributed by atoms with Crippen molar-refractivity contribution in [3.63, 3.8) is 0 Å². The highest BCUT2D eigenvalue weighted by Crippen LogP contribution is 2.29. The second-order valence-corrected chi connectivity index (χ2v) is 7.71. The van der Waals surface area contributed by atoms with Crippen LogP contribution in [0.25, 0.3) is 11.4 Å². The number of benzene rings is 2. The molecular weight excluding hydrogens is 394 g/mol. The van der Waals surface area contributed by atoms with Crippen LogP contribution in [0.5, 0.6) is 5.75 Å². The molecule has 0 spiro atoms. The summed E-state index contributed by atoms with van der Waals surface area (Å²) >= 11 is 0. The van der Waals surface area contributed by atoms with E-state index in [0.29, 0.717) is 36.1 Å². The molecule has 2 amide bonds. The molecule has 1 aromatic heterocycles. The van der Waals surface area contributed by atoms with Crippen molar-refractivity contribution in [2.75, 3.05) is 20.2 Å². The summed E-state index contributed by atoms with van der Waals surface area (Å²) in [6, 6.07) is 14.8. The van der Waals surface area contributed by atoms with E-state index in [2.05, 4.69) is 20.5 Å². The first kappa shape index (κ1) is 20.6. The summed E-state index contributed by atoms with van der Waals surface area (Å²) in [5, 5.41) is 10.3. The highest BCUT2D eigenvalue weighted by atomic mass is 16.5. The average Bonchev–Trinajstić information content (AvgIpc) is 3.40. The molecule has 0 aliphatic carbocycles. The van der Waals surface area contributed by atoms with Crippen molar-refractivity contribution in [3.8, 4) is 17.1 Å². The normalized spacial score (nSPS) is 18.1. The summed E-state index contributed by atoms with van der Waals surface area (Å²) in [5.41, 5.74) is 2.36. The molecule has 3 aromatic rings. The highest BCUT2D eigenvalue weighted by molar-refractivity contribution is 5.96. The Morgan fingerprint density at radius 3 is 2.61 bits per heavy atom. The first-order valence-electron chi connectivity index (χ1n) is 10.1. The van der Waals surface area contributed by atoms with E-state index < -0.39 is 0 Å². The topological polar surface area (TPSA) is 100 Å². The molecule has 0 radical (unpaired) electrons. The molecule has 1 aliphatic rings. The Morgan fingerprint density at radius 2 is 1.94 bits per heavy atom. The Morgan fingerprint density at radius 1 is 1.16 bits per heavy atom. The van der Waals surface area contributed by atoms with Gasteiger partial charge in [-0.3, -0.25) is 14.7 Å². The minimum atomic E-state index is -0.253. The van der Waals surface area contributed by atoms with E-state index in [-0.39, 0.29) is 23.8 Å². The van der Waals surface area contributed by atoms with Crippen molar-refractivity contribution in [1.82, 2.24) is 25.4 Å². The molecule has 2 atom stereocenters. The summed E-state index contributed by atoms with van der Waals surface area (Å²) in [4.78, 5) is 31.4. The smallest absolute Gasteiger partial charge is 0.254 e. The summed E-state index contributed by atoms with van der Waals surface area (Å²) in [7, 11) is 1.60. The van der Waals surface area contributed by atoms with Gasteiger partial charge in [0.05, 0.1) is 19.1 Å². The van der Waals surface area contributed by atoms with Crippen molar-refractivity contribution in [2.24, 2.45) is 0 Å². The maximum Gasteiger partial charge on any atom is 0.254 e. The van der Waals surface area contributed by atoms with Gasteiger partial charge in [0.1, 0.15) is 11.6 Å². The van der Waals surface area contributed by atoms with Crippen LogP contribution in [0.1, 0.15) is 34.6 Å². The molecule has 2 heterocycles. The number of hydrogen-bond acceptors (Lipinski definition) is 5. The third kappa shape index (κ3) is 4.28. The van der Waals surface area contributed by atoms with E-state index in [1.165, 1.54) is 6.92 Å². The highest BCUT2D eigenvalue weighted by Gasteiger charge is 2.39. The number of aromatic nitrogens is 3. The lowest BCUT2D eigenvalue weighted by atomic mass is 10.0. The molecule has 1 aliphatic heterocycles. The Hall–Kier alpha value is -3.68. The minimum absolute atomic E-state index is 0.0826. The van der Waals surface area contributed by atoms with Gasteiger partial charge in [-0.2, -0.15) is 5.10 Å². The van der Waals surface area contributed by atoms with Crippen LogP contribution in [0.2, 0.25) is 0 Å². The molecule has 4 rings (SSSR count). The number of carbonyl (C=O) groups excluding carboxylic acids is 2. The standard InChI is InChI=1S/C23H25N5O3/c1-14-11-17(31-3)9-10-18(14)23(30)28-12-19(20(13-28)24-15(2)29)22-25-21(26-27-22)16-7-5-4-6-8-16/h4-11,19-20H,12-13H2,1-3H3,(H,24,29)(H,25,26,27)/t19-,20-/m1/s1. The first-order valence-corrected chi connectivity index (χ1v) is 10.1. The number of nitrogens with one attached hydrogen (secondary N) is 2. The molecule has 2 aromatic carbocycles. The fourth-order valence-electron chi connectivity index (χ4n) is 3.98. The number of carbonyl (C=O) groups is 2. The number of aryl methyl sites for hydroxylation is 1. The van der Waals surface area contributed by atoms with Gasteiger partial charge in [0, 0.05) is 31.1 Å². The van der Waals surface area contributed by atoms with Gasteiger partial charge in [-0.15, -0.1) is 0 Å². The fraction of sp³-hybridized carbons (Fsp3) is 0.304. The van der Waals surface area contributed by atoms with Crippen molar-refractivity contribution in [2.45, 2.75) is 25.8 Å². The van der Waals surface area contributed by atoms with Gasteiger partial charge < -0.3 is 15.0 Å². The summed E-state index contributed by atoms with van der Waals surface area (Å²) in [6.07, 6.45) is 0. The third-order valence-electron chi connectivity index (χ3n) is 5.55. The van der Waals surface area contributed by atoms with E-state index in [1.807, 2.05) is 43.3 Å². The van der Waals surface area contributed by atoms with E-state index in [1.54, 1.807) is 24.1 Å². The van der Waals surface area contributed by atoms with Crippen molar-refractivity contribution < 1.29 is 14.3 Å². The van der Waals surface area contributed by atoms with Crippen molar-refractivity contribution in [3.05, 3.63) is 65.5 Å². The molecule has 1 fully saturated rings. The lowest BCUT2D eigenvalue weighted by molar-refractivity contribution is -0.119. The number of rotatable bonds is 5. The Balaban J connectivity index is 1.59. The van der Waals surface area contributed by atoms with E-state index in [0.717, 1.165) is 11.1 Å². The quantitative estimate of drug-likeness (QED) is 0.662. The number of amides is 2. The van der Waals surface area contributed by atoms with Crippen LogP contribution in [-0.4, -0.2) is 58.1 Å². The first-order chi connectivity index (χ1) is 15.0. The molecule has 0 bridgehead atoms. The number of H-pyrrole nitrogens is 1. The number of hydrogen-bond donors (Lipinski definition) is 2. The maximum absolute atomic E-state index is 13.2. The summed E-state index contributed by atoms with van der Waals surface area (Å²) in [6.45, 7) is 4.19. The van der Waals surface area contributed by atoms with Crippen LogP contribution in [0.4, 0.5) is 0 Å². The van der Waals surface area contributed by atoms with Crippen LogP contribution in [0, 0.1) is 6.92 Å². The molecule has 1 saturated heterocycles. The van der Waals surface area contributed by atoms with Crippen LogP contribution >= 0.6 is 0 Å². The number of ether oxygens (including phenoxy) is 1. The van der Waals surface area contributed by atoms with Crippen LogP contribution in [0.15, 0.2) is 48.5 Å². The lowest BCUT2D eigenvalue weighted by Crippen LogP contribution is -2.39. The molecule has 31 heavy (non-hydrogen) atoms. The summed E-state index contributed by atoms with van der Waals surface area (Å²) in [5.74, 6) is 1.54. The molecule has 0 saturated carbocycles. The second-order valence-electron chi connectivity index (χ2n) is 7.71. The van der Waals surface area contributed by atoms with Crippen molar-refractivity contribution in [1.29, 1.82) is 0 Å². The zero-order chi connectivity index (χ0) is 22.0. The van der Waals surface area contributed by atoms with Crippen molar-refractivity contribution >= 4 is 11.8 Å². The van der Waals surface area contributed by atoms with E-state index in [4.69, 9.17) is 4.74 Å². The monoisotopic (exact) mass is 419 g/mol. The van der Waals surface area contributed by atoms with Gasteiger partial charge in [0.2, 0.25) is 5.91 Å². The van der Waals surface area contributed by atoms with Gasteiger partial charge >= 0.3 is 0 Å². The minimum Gasteiger partial charge on any atom is -0.497 e. The van der Waals surface area contributed by atoms with Gasteiger partial charge in [0.25, 0.3) is 5.91 Å². The van der Waals surface area contributed by atoms with E-state index in [9.17, 15) is 9.59 Å². The van der Waals surface area contributed by atoms with Crippen LogP contribution in [0.3, 0.4) is 0 Å². The number of likely N-dealkylation sites (tertiary alicyclic amines) is 1. The Bertz CT molecular complexity index is 1100. The van der Waals surface area contributed by atoms with Crippen LogP contribution < -0.4 is 10.1 Å². The molecule has 0 unspecified atom stereocenters. The van der Waals surface area contributed by atoms with Crippen LogP contribution in [-0.2, 0) is 4.79 Å². The number of aromatic amines is 1. The van der Waals surface area contributed by atoms with Gasteiger partial charge in [0.15, 0.2) is 5.82 Å².